The first-order valence-corrected chi connectivity index (χ1v) is 23.6. The van der Waals surface area contributed by atoms with Crippen LogP contribution in [-0.2, 0) is 15.6 Å². The van der Waals surface area contributed by atoms with Crippen LogP contribution in [-0.4, -0.2) is 62.9 Å². The van der Waals surface area contributed by atoms with Gasteiger partial charge < -0.3 is 24.0 Å². The molecule has 2 fully saturated rings. The van der Waals surface area contributed by atoms with Gasteiger partial charge in [-0.2, -0.15) is 0 Å². The molecule has 0 radical (unpaired) electrons. The van der Waals surface area contributed by atoms with Crippen LogP contribution in [0.4, 0.5) is 11.4 Å². The summed E-state index contributed by atoms with van der Waals surface area (Å²) in [6.07, 6.45) is 11.7. The summed E-state index contributed by atoms with van der Waals surface area (Å²) in [6, 6.07) is 43.4. The molecular formula is C59H62N3O3+. The van der Waals surface area contributed by atoms with Gasteiger partial charge in [-0.3, -0.25) is 0 Å². The molecule has 6 aromatic rings. The zero-order valence-corrected chi connectivity index (χ0v) is 39.0. The molecular weight excluding hydrogens is 799 g/mol. The second-order valence-electron chi connectivity index (χ2n) is 19.2. The van der Waals surface area contributed by atoms with Gasteiger partial charge in [0.2, 0.25) is 5.71 Å². The molecule has 10 rings (SSSR count). The van der Waals surface area contributed by atoms with Crippen LogP contribution < -0.4 is 19.3 Å². The highest BCUT2D eigenvalue weighted by atomic mass is 16.5. The van der Waals surface area contributed by atoms with Crippen molar-refractivity contribution in [2.24, 2.45) is 0 Å². The van der Waals surface area contributed by atoms with E-state index in [4.69, 9.17) is 14.2 Å². The lowest BCUT2D eigenvalue weighted by Crippen LogP contribution is -2.33. The van der Waals surface area contributed by atoms with Crippen molar-refractivity contribution in [2.45, 2.75) is 65.2 Å². The average molecular weight is 861 g/mol. The summed E-state index contributed by atoms with van der Waals surface area (Å²) in [7, 11) is 0. The Bertz CT molecular complexity index is 2760. The molecule has 1 saturated heterocycles. The van der Waals surface area contributed by atoms with Crippen LogP contribution in [0.3, 0.4) is 0 Å². The van der Waals surface area contributed by atoms with Crippen molar-refractivity contribution in [3.63, 3.8) is 0 Å². The van der Waals surface area contributed by atoms with E-state index < -0.39 is 0 Å². The Morgan fingerprint density at radius 3 is 1.48 bits per heavy atom. The first-order valence-electron chi connectivity index (χ1n) is 23.6. The Morgan fingerprint density at radius 2 is 1.00 bits per heavy atom. The molecule has 6 heteroatoms. The normalized spacial score (nSPS) is 20.2. The van der Waals surface area contributed by atoms with E-state index in [0.29, 0.717) is 13.2 Å². The van der Waals surface area contributed by atoms with E-state index in [1.54, 1.807) is 0 Å². The van der Waals surface area contributed by atoms with Crippen LogP contribution in [0, 0.1) is 13.8 Å². The number of ether oxygens (including phenoxy) is 3. The number of fused-ring (bicyclic) bond motifs is 4. The Hall–Kier alpha value is -6.37. The minimum atomic E-state index is -0.180. The topological polar surface area (TPSA) is 37.2 Å². The molecule has 0 aromatic heterocycles. The summed E-state index contributed by atoms with van der Waals surface area (Å²) in [5, 5.41) is 4.69. The van der Waals surface area contributed by atoms with Gasteiger partial charge in [0, 0.05) is 55.5 Å². The molecule has 0 N–H and O–H groups in total. The maximum Gasteiger partial charge on any atom is 0.206 e. The zero-order valence-electron chi connectivity index (χ0n) is 39.0. The van der Waals surface area contributed by atoms with E-state index in [1.165, 1.54) is 72.7 Å². The molecule has 6 aromatic carbocycles. The highest BCUT2D eigenvalue weighted by molar-refractivity contribution is 6.12. The molecule has 330 valence electrons. The predicted molar refractivity (Wildman–Crippen MR) is 269 cm³/mol. The van der Waals surface area contributed by atoms with E-state index in [1.807, 2.05) is 0 Å². The Labute approximate surface area is 385 Å². The fraction of sp³-hybridized carbons (Fsp3) is 0.305. The predicted octanol–water partition coefficient (Wildman–Crippen LogP) is 12.6. The van der Waals surface area contributed by atoms with Gasteiger partial charge in [-0.05, 0) is 85.0 Å². The first kappa shape index (κ1) is 42.6. The van der Waals surface area contributed by atoms with Crippen LogP contribution in [0.25, 0.3) is 21.5 Å². The zero-order chi connectivity index (χ0) is 44.7. The van der Waals surface area contributed by atoms with Crippen molar-refractivity contribution < 1.29 is 18.8 Å². The molecule has 3 aliphatic heterocycles. The lowest BCUT2D eigenvalue weighted by Gasteiger charge is -2.27. The molecule has 0 spiro atoms. The third kappa shape index (κ3) is 8.07. The number of anilines is 2. The Kier molecular flexibility index (Phi) is 11.5. The van der Waals surface area contributed by atoms with Gasteiger partial charge in [0.25, 0.3) is 0 Å². The number of morpholine rings is 1. The number of benzene rings is 6. The second kappa shape index (κ2) is 17.5. The summed E-state index contributed by atoms with van der Waals surface area (Å²) < 4.78 is 21.6. The van der Waals surface area contributed by atoms with E-state index in [0.717, 1.165) is 74.5 Å². The van der Waals surface area contributed by atoms with Gasteiger partial charge >= 0.3 is 0 Å². The van der Waals surface area contributed by atoms with Crippen molar-refractivity contribution in [2.75, 3.05) is 62.4 Å². The lowest BCUT2D eigenvalue weighted by atomic mass is 9.83. The molecule has 0 unspecified atom stereocenters. The van der Waals surface area contributed by atoms with Crippen LogP contribution in [0.5, 0.6) is 11.5 Å². The Balaban J connectivity index is 0.970. The van der Waals surface area contributed by atoms with E-state index in [9.17, 15) is 0 Å². The van der Waals surface area contributed by atoms with Gasteiger partial charge in [0.1, 0.15) is 37.9 Å². The Morgan fingerprint density at radius 1 is 0.554 bits per heavy atom. The van der Waals surface area contributed by atoms with Gasteiger partial charge in [0.05, 0.1) is 13.1 Å². The quantitative estimate of drug-likeness (QED) is 0.128. The molecule has 6 nitrogen and oxygen atoms in total. The summed E-state index contributed by atoms with van der Waals surface area (Å²) in [4.78, 5) is 5.00. The van der Waals surface area contributed by atoms with Crippen molar-refractivity contribution in [1.82, 2.24) is 0 Å². The first-order chi connectivity index (χ1) is 31.6. The van der Waals surface area contributed by atoms with E-state index >= 15 is 0 Å². The minimum absolute atomic E-state index is 0.180. The maximum absolute atomic E-state index is 6.57. The van der Waals surface area contributed by atoms with Gasteiger partial charge in [-0.1, -0.05) is 148 Å². The van der Waals surface area contributed by atoms with Crippen LogP contribution in [0.1, 0.15) is 62.8 Å². The number of allylic oxidation sites excluding steroid dienone is 8. The summed E-state index contributed by atoms with van der Waals surface area (Å²) >= 11 is 0. The summed E-state index contributed by atoms with van der Waals surface area (Å²) in [6.45, 7) is 19.8. The van der Waals surface area contributed by atoms with Crippen LogP contribution in [0.2, 0.25) is 0 Å². The number of nitrogens with zero attached hydrogens (tertiary/aromatic N) is 3. The second-order valence-corrected chi connectivity index (χ2v) is 19.2. The lowest BCUT2D eigenvalue weighted by molar-refractivity contribution is -0.548. The van der Waals surface area contributed by atoms with Gasteiger partial charge in [-0.25, -0.2) is 4.58 Å². The largest absolute Gasteiger partial charge is 0.491 e. The third-order valence-electron chi connectivity index (χ3n) is 14.2. The van der Waals surface area contributed by atoms with Crippen LogP contribution in [0.15, 0.2) is 168 Å². The highest BCUT2D eigenvalue weighted by Gasteiger charge is 2.42. The summed E-state index contributed by atoms with van der Waals surface area (Å²) in [5.74, 6) is 1.86. The molecule has 65 heavy (non-hydrogen) atoms. The number of rotatable bonds is 10. The minimum Gasteiger partial charge on any atom is -0.491 e. The highest BCUT2D eigenvalue weighted by Crippen LogP contribution is 2.50. The number of aryl methyl sites for hydroxylation is 2. The van der Waals surface area contributed by atoms with Crippen LogP contribution >= 0.6 is 0 Å². The van der Waals surface area contributed by atoms with Gasteiger partial charge in [-0.15, -0.1) is 0 Å². The van der Waals surface area contributed by atoms with Crippen molar-refractivity contribution in [3.05, 3.63) is 190 Å². The molecule has 0 amide bonds. The molecule has 0 bridgehead atoms. The van der Waals surface area contributed by atoms with Crippen molar-refractivity contribution in [1.29, 1.82) is 0 Å². The average Bonchev–Trinajstić information content (AvgIpc) is 3.88. The summed E-state index contributed by atoms with van der Waals surface area (Å²) in [5.41, 5.74) is 14.2. The van der Waals surface area contributed by atoms with Gasteiger partial charge in [0.15, 0.2) is 13.1 Å². The van der Waals surface area contributed by atoms with Crippen molar-refractivity contribution in [3.8, 4) is 11.5 Å². The van der Waals surface area contributed by atoms with Crippen molar-refractivity contribution >= 4 is 38.6 Å². The van der Waals surface area contributed by atoms with E-state index in [2.05, 4.69) is 202 Å². The fourth-order valence-corrected chi connectivity index (χ4v) is 10.8. The molecule has 0 atom stereocenters. The molecule has 3 heterocycles. The smallest absolute Gasteiger partial charge is 0.206 e. The number of hydrogen-bond donors (Lipinski definition) is 0. The maximum atomic E-state index is 6.57. The molecule has 1 aliphatic carbocycles. The molecule has 4 aliphatic rings. The monoisotopic (exact) mass is 860 g/mol. The SMILES string of the molecule is Cc1ccc2c(c1)C(C)(C)C(=CC=C1CC/C(=C\C=C3\N(CCOc4cccc5ccccc45)c4ccc(C)cc4C3(C)C)C1=[N+]1CCOCC1)N2CCOc1cccc2ccccc12. The van der Waals surface area contributed by atoms with E-state index in [-0.39, 0.29) is 10.8 Å². The number of hydrogen-bond acceptors (Lipinski definition) is 5. The fourth-order valence-electron chi connectivity index (χ4n) is 10.8. The standard InChI is InChI=1S/C59H62N3O3/c1-41-21-27-51-49(39-41)58(3,4)55(61(51)33-37-64-53-19-11-15-43-13-7-9-17-47(43)53)29-25-45-23-24-46(57(45)60-31-35-63-36-32-60)26-30-56-59(5,6)50-40-42(2)22-28-52(50)62(56)34-38-65-54-20-12-16-44-14-8-10-18-48(44)54/h7-22,25-30,39-40H,23-24,31-38H2,1-6H3/q+1. The molecule has 1 saturated carbocycles. The third-order valence-corrected chi connectivity index (χ3v) is 14.2.